The van der Waals surface area contributed by atoms with Crippen LogP contribution >= 0.6 is 11.8 Å². The van der Waals surface area contributed by atoms with Gasteiger partial charge in [-0.15, -0.1) is 11.8 Å². The number of alkyl halides is 1. The van der Waals surface area contributed by atoms with E-state index in [2.05, 4.69) is 0 Å². The van der Waals surface area contributed by atoms with E-state index in [4.69, 9.17) is 14.2 Å². The number of carbonyl (C=O) groups is 3. The van der Waals surface area contributed by atoms with Gasteiger partial charge in [0.1, 0.15) is 6.61 Å². The van der Waals surface area contributed by atoms with Gasteiger partial charge in [-0.25, -0.2) is 14.0 Å². The van der Waals surface area contributed by atoms with E-state index in [-0.39, 0.29) is 12.2 Å². The normalized spacial score (nSPS) is 22.6. The summed E-state index contributed by atoms with van der Waals surface area (Å²) in [5, 5.41) is -0.733. The van der Waals surface area contributed by atoms with Crippen LogP contribution in [0.25, 0.3) is 0 Å². The summed E-state index contributed by atoms with van der Waals surface area (Å²) >= 11 is 0.962. The Balaban J connectivity index is 1.70. The second kappa shape index (κ2) is 9.96. The van der Waals surface area contributed by atoms with Gasteiger partial charge in [-0.1, -0.05) is 35.4 Å². The summed E-state index contributed by atoms with van der Waals surface area (Å²) in [5.74, 6) is -1.93. The number of carbonyl (C=O) groups excluding carboxylic acids is 3. The summed E-state index contributed by atoms with van der Waals surface area (Å²) < 4.78 is 30.7. The number of hydrogen-bond acceptors (Lipinski definition) is 7. The molecular weight excluding hydrogens is 423 g/mol. The molecule has 31 heavy (non-hydrogen) atoms. The molecule has 0 saturated carbocycles. The second-order valence-corrected chi connectivity index (χ2v) is 8.64. The molecule has 0 aliphatic carbocycles. The summed E-state index contributed by atoms with van der Waals surface area (Å²) in [6.07, 6.45) is -3.00. The predicted molar refractivity (Wildman–Crippen MR) is 114 cm³/mol. The smallest absolute Gasteiger partial charge is 0.338 e. The van der Waals surface area contributed by atoms with E-state index in [0.29, 0.717) is 5.56 Å². The first-order chi connectivity index (χ1) is 14.7. The van der Waals surface area contributed by atoms with Crippen LogP contribution in [0.15, 0.2) is 48.5 Å². The van der Waals surface area contributed by atoms with Crippen molar-refractivity contribution < 1.29 is 33.0 Å². The number of benzene rings is 2. The lowest BCUT2D eigenvalue weighted by atomic mass is 10.1. The third kappa shape index (κ3) is 5.85. The SMILES string of the molecule is CC(=O)O[C@@H]1S[C@H](COC(=O)c2ccc(C)cc2)[C@@H](OC(=O)c2ccc(C)cc2)[C@@H]1F. The zero-order valence-electron chi connectivity index (χ0n) is 17.4. The summed E-state index contributed by atoms with van der Waals surface area (Å²) in [7, 11) is 0. The predicted octanol–water partition coefficient (Wildman–Crippen LogP) is 4.03. The molecule has 1 fully saturated rings. The Morgan fingerprint density at radius 3 is 1.90 bits per heavy atom. The minimum atomic E-state index is -1.76. The molecule has 6 nitrogen and oxygen atoms in total. The van der Waals surface area contributed by atoms with Crippen molar-refractivity contribution in [1.82, 2.24) is 0 Å². The quantitative estimate of drug-likeness (QED) is 0.490. The first-order valence-electron chi connectivity index (χ1n) is 9.73. The number of ether oxygens (including phenoxy) is 3. The molecule has 0 aromatic heterocycles. The van der Waals surface area contributed by atoms with E-state index in [9.17, 15) is 18.8 Å². The van der Waals surface area contributed by atoms with Crippen molar-refractivity contribution in [2.24, 2.45) is 0 Å². The van der Waals surface area contributed by atoms with E-state index in [1.165, 1.54) is 6.92 Å². The van der Waals surface area contributed by atoms with Crippen LogP contribution in [0.4, 0.5) is 4.39 Å². The van der Waals surface area contributed by atoms with Gasteiger partial charge in [0.2, 0.25) is 0 Å². The molecule has 0 amide bonds. The van der Waals surface area contributed by atoms with Gasteiger partial charge in [0.15, 0.2) is 17.7 Å². The van der Waals surface area contributed by atoms with E-state index in [1.807, 2.05) is 13.8 Å². The van der Waals surface area contributed by atoms with Crippen LogP contribution in [0.5, 0.6) is 0 Å². The fourth-order valence-electron chi connectivity index (χ4n) is 3.03. The molecule has 4 atom stereocenters. The maximum Gasteiger partial charge on any atom is 0.338 e. The van der Waals surface area contributed by atoms with Crippen LogP contribution in [0.3, 0.4) is 0 Å². The van der Waals surface area contributed by atoms with Crippen LogP contribution in [0.1, 0.15) is 38.8 Å². The van der Waals surface area contributed by atoms with E-state index in [1.54, 1.807) is 48.5 Å². The maximum atomic E-state index is 15.0. The zero-order valence-corrected chi connectivity index (χ0v) is 18.2. The van der Waals surface area contributed by atoms with Gasteiger partial charge in [-0.3, -0.25) is 4.79 Å². The fourth-order valence-corrected chi connectivity index (χ4v) is 4.38. The largest absolute Gasteiger partial charge is 0.461 e. The summed E-state index contributed by atoms with van der Waals surface area (Å²) in [6, 6.07) is 13.5. The highest BCUT2D eigenvalue weighted by atomic mass is 32.2. The third-order valence-electron chi connectivity index (χ3n) is 4.73. The van der Waals surface area contributed by atoms with Crippen molar-refractivity contribution in [2.45, 2.75) is 43.7 Å². The first kappa shape index (κ1) is 22.8. The standard InChI is InChI=1S/C23H23FO6S/c1-13-4-8-16(9-5-13)21(26)28-12-18-20(19(24)23(31-18)29-15(3)25)30-22(27)17-10-6-14(2)7-11-17/h4-11,18-20,23H,12H2,1-3H3/t18-,19+,20-,23-/m1/s1. The number of halogens is 1. The molecule has 3 rings (SSSR count). The highest BCUT2D eigenvalue weighted by Crippen LogP contribution is 2.39. The lowest BCUT2D eigenvalue weighted by molar-refractivity contribution is -0.145. The average Bonchev–Trinajstić information content (AvgIpc) is 3.01. The Bertz CT molecular complexity index is 944. The second-order valence-electron chi connectivity index (χ2n) is 7.30. The van der Waals surface area contributed by atoms with Crippen molar-refractivity contribution in [2.75, 3.05) is 6.61 Å². The molecule has 0 spiro atoms. The van der Waals surface area contributed by atoms with Gasteiger partial charge >= 0.3 is 17.9 Å². The molecule has 1 heterocycles. The summed E-state index contributed by atoms with van der Waals surface area (Å²) in [4.78, 5) is 36.1. The van der Waals surface area contributed by atoms with Gasteiger partial charge in [0.05, 0.1) is 16.4 Å². The van der Waals surface area contributed by atoms with Gasteiger partial charge < -0.3 is 14.2 Å². The van der Waals surface area contributed by atoms with Gasteiger partial charge in [0.25, 0.3) is 0 Å². The minimum Gasteiger partial charge on any atom is -0.461 e. The summed E-state index contributed by atoms with van der Waals surface area (Å²) in [5.41, 5.74) is 1.43. The topological polar surface area (TPSA) is 78.9 Å². The Morgan fingerprint density at radius 1 is 0.871 bits per heavy atom. The molecule has 2 aromatic rings. The Labute approximate surface area is 184 Å². The lowest BCUT2D eigenvalue weighted by Crippen LogP contribution is -2.37. The van der Waals surface area contributed by atoms with Crippen LogP contribution in [-0.4, -0.2) is 47.5 Å². The van der Waals surface area contributed by atoms with Gasteiger partial charge in [-0.2, -0.15) is 0 Å². The highest BCUT2D eigenvalue weighted by molar-refractivity contribution is 8.00. The molecule has 0 unspecified atom stereocenters. The van der Waals surface area contributed by atoms with Crippen molar-refractivity contribution in [3.8, 4) is 0 Å². The van der Waals surface area contributed by atoms with E-state index in [0.717, 1.165) is 22.9 Å². The van der Waals surface area contributed by atoms with Crippen molar-refractivity contribution in [3.63, 3.8) is 0 Å². The number of thioether (sulfide) groups is 1. The van der Waals surface area contributed by atoms with Crippen LogP contribution in [0, 0.1) is 13.8 Å². The lowest BCUT2D eigenvalue weighted by Gasteiger charge is -2.20. The molecule has 8 heteroatoms. The Morgan fingerprint density at radius 2 is 1.39 bits per heavy atom. The van der Waals surface area contributed by atoms with Crippen molar-refractivity contribution in [3.05, 3.63) is 70.8 Å². The van der Waals surface area contributed by atoms with E-state index >= 15 is 0 Å². The molecular formula is C23H23FO6S. The van der Waals surface area contributed by atoms with E-state index < -0.39 is 40.9 Å². The molecule has 164 valence electrons. The highest BCUT2D eigenvalue weighted by Gasteiger charge is 2.49. The number of aryl methyl sites for hydroxylation is 2. The molecule has 0 N–H and O–H groups in total. The third-order valence-corrected chi connectivity index (χ3v) is 6.11. The Hall–Kier alpha value is -2.87. The number of rotatable bonds is 6. The molecule has 1 aliphatic rings. The number of hydrogen-bond donors (Lipinski definition) is 0. The fraction of sp³-hybridized carbons (Fsp3) is 0.348. The van der Waals surface area contributed by atoms with Gasteiger partial charge in [-0.05, 0) is 38.1 Å². The Kier molecular flexibility index (Phi) is 7.33. The van der Waals surface area contributed by atoms with Crippen molar-refractivity contribution >= 4 is 29.7 Å². The first-order valence-corrected chi connectivity index (χ1v) is 10.7. The average molecular weight is 446 g/mol. The minimum absolute atomic E-state index is 0.207. The van der Waals surface area contributed by atoms with Crippen LogP contribution in [-0.2, 0) is 19.0 Å². The summed E-state index contributed by atoms with van der Waals surface area (Å²) in [6.45, 7) is 4.74. The zero-order chi connectivity index (χ0) is 22.5. The van der Waals surface area contributed by atoms with Crippen LogP contribution < -0.4 is 0 Å². The van der Waals surface area contributed by atoms with Crippen molar-refractivity contribution in [1.29, 1.82) is 0 Å². The van der Waals surface area contributed by atoms with Crippen LogP contribution in [0.2, 0.25) is 0 Å². The maximum absolute atomic E-state index is 15.0. The monoisotopic (exact) mass is 446 g/mol. The molecule has 1 aliphatic heterocycles. The molecule has 1 saturated heterocycles. The molecule has 0 bridgehead atoms. The molecule has 2 aromatic carbocycles. The number of esters is 3. The van der Waals surface area contributed by atoms with Gasteiger partial charge in [0, 0.05) is 6.92 Å². The molecule has 0 radical (unpaired) electrons.